The van der Waals surface area contributed by atoms with E-state index in [2.05, 4.69) is 5.32 Å². The smallest absolute Gasteiger partial charge is 0.335 e. The second-order valence-corrected chi connectivity index (χ2v) is 6.66. The minimum Gasteiger partial charge on any atom is -0.478 e. The summed E-state index contributed by atoms with van der Waals surface area (Å²) in [5, 5.41) is 11.6. The molecule has 21 heavy (non-hydrogen) atoms. The number of allylic oxidation sites excluding steroid dienone is 1. The van der Waals surface area contributed by atoms with Crippen LogP contribution in [0.3, 0.4) is 0 Å². The van der Waals surface area contributed by atoms with Crippen molar-refractivity contribution >= 4 is 40.8 Å². The number of carbonyl (C=O) groups excluding carboxylic acids is 1. The zero-order valence-electron chi connectivity index (χ0n) is 11.6. The zero-order chi connectivity index (χ0) is 15.8. The lowest BCUT2D eigenvalue weighted by molar-refractivity contribution is -0.118. The van der Waals surface area contributed by atoms with E-state index in [1.807, 2.05) is 13.8 Å². The van der Waals surface area contributed by atoms with Crippen LogP contribution < -0.4 is 5.32 Å². The molecule has 0 aromatic heterocycles. The summed E-state index contributed by atoms with van der Waals surface area (Å²) in [6.07, 6.45) is 1.68. The van der Waals surface area contributed by atoms with Gasteiger partial charge in [-0.3, -0.25) is 4.79 Å². The molecule has 0 spiro atoms. The van der Waals surface area contributed by atoms with E-state index in [9.17, 15) is 9.59 Å². The number of amides is 1. The van der Waals surface area contributed by atoms with Crippen molar-refractivity contribution in [3.8, 4) is 0 Å². The summed E-state index contributed by atoms with van der Waals surface area (Å²) in [6.45, 7) is 3.95. The first-order valence-corrected chi connectivity index (χ1v) is 7.16. The fourth-order valence-electron chi connectivity index (χ4n) is 2.54. The average molecular weight is 328 g/mol. The van der Waals surface area contributed by atoms with Crippen LogP contribution in [0.25, 0.3) is 0 Å². The molecule has 112 valence electrons. The number of halogens is 2. The summed E-state index contributed by atoms with van der Waals surface area (Å²) < 4.78 is 0.161. The summed E-state index contributed by atoms with van der Waals surface area (Å²) in [4.78, 5) is 23.0. The summed E-state index contributed by atoms with van der Waals surface area (Å²) >= 11 is 11.3. The third kappa shape index (κ3) is 3.39. The van der Waals surface area contributed by atoms with Gasteiger partial charge in [-0.25, -0.2) is 4.79 Å². The van der Waals surface area contributed by atoms with Gasteiger partial charge < -0.3 is 10.4 Å². The molecule has 2 atom stereocenters. The molecule has 1 aromatic rings. The summed E-state index contributed by atoms with van der Waals surface area (Å²) in [6, 6.07) is 6.03. The lowest BCUT2D eigenvalue weighted by Gasteiger charge is -2.06. The number of anilines is 1. The lowest BCUT2D eigenvalue weighted by atomic mass is 10.1. The Morgan fingerprint density at radius 3 is 2.29 bits per heavy atom. The molecule has 0 radical (unpaired) electrons. The first kappa shape index (κ1) is 15.9. The number of aromatic carboxylic acids is 1. The van der Waals surface area contributed by atoms with Crippen molar-refractivity contribution in [2.24, 2.45) is 17.3 Å². The topological polar surface area (TPSA) is 66.4 Å². The Kier molecular flexibility index (Phi) is 4.30. The van der Waals surface area contributed by atoms with Crippen LogP contribution in [0.1, 0.15) is 24.2 Å². The van der Waals surface area contributed by atoms with E-state index in [4.69, 9.17) is 28.3 Å². The largest absolute Gasteiger partial charge is 0.478 e. The minimum absolute atomic E-state index is 0.000734. The van der Waals surface area contributed by atoms with Crippen LogP contribution in [0.5, 0.6) is 0 Å². The van der Waals surface area contributed by atoms with E-state index < -0.39 is 5.97 Å². The number of carboxylic acids is 1. The average Bonchev–Trinajstić information content (AvgIpc) is 2.90. The fraction of sp³-hybridized carbons (Fsp3) is 0.333. The predicted octanol–water partition coefficient (Wildman–Crippen LogP) is 3.91. The maximum absolute atomic E-state index is 12.3. The minimum atomic E-state index is -1.00. The van der Waals surface area contributed by atoms with Gasteiger partial charge in [-0.05, 0) is 41.7 Å². The molecule has 1 aliphatic rings. The van der Waals surface area contributed by atoms with Crippen LogP contribution in [0.2, 0.25) is 0 Å². The SMILES string of the molecule is CC1(C)[C@H](C=C(Cl)Cl)[C@@H]1C(=O)Nc1ccc(C(=O)O)cc1. The van der Waals surface area contributed by atoms with E-state index in [1.54, 1.807) is 18.2 Å². The zero-order valence-corrected chi connectivity index (χ0v) is 13.1. The Bertz CT molecular complexity index is 604. The normalized spacial score (nSPS) is 22.3. The number of hydrogen-bond acceptors (Lipinski definition) is 2. The lowest BCUT2D eigenvalue weighted by Crippen LogP contribution is -2.16. The van der Waals surface area contributed by atoms with Crippen molar-refractivity contribution in [2.45, 2.75) is 13.8 Å². The van der Waals surface area contributed by atoms with Crippen LogP contribution in [-0.2, 0) is 4.79 Å². The van der Waals surface area contributed by atoms with Crippen molar-refractivity contribution in [2.75, 3.05) is 5.32 Å². The Balaban J connectivity index is 2.05. The fourth-order valence-corrected chi connectivity index (χ4v) is 2.81. The van der Waals surface area contributed by atoms with Crippen LogP contribution in [-0.4, -0.2) is 17.0 Å². The van der Waals surface area contributed by atoms with Crippen molar-refractivity contribution < 1.29 is 14.7 Å². The number of hydrogen-bond donors (Lipinski definition) is 2. The molecule has 0 aliphatic heterocycles. The first-order valence-electron chi connectivity index (χ1n) is 6.40. The Morgan fingerprint density at radius 1 is 1.24 bits per heavy atom. The van der Waals surface area contributed by atoms with Gasteiger partial charge in [-0.1, -0.05) is 37.0 Å². The molecule has 0 bridgehead atoms. The predicted molar refractivity (Wildman–Crippen MR) is 82.6 cm³/mol. The molecule has 0 saturated heterocycles. The van der Waals surface area contributed by atoms with E-state index >= 15 is 0 Å². The van der Waals surface area contributed by atoms with Gasteiger partial charge in [0.05, 0.1) is 11.5 Å². The van der Waals surface area contributed by atoms with Crippen molar-refractivity contribution in [3.63, 3.8) is 0 Å². The molecule has 4 nitrogen and oxygen atoms in total. The molecule has 1 amide bonds. The van der Waals surface area contributed by atoms with Crippen molar-refractivity contribution in [1.82, 2.24) is 0 Å². The summed E-state index contributed by atoms with van der Waals surface area (Å²) in [7, 11) is 0. The molecular formula is C15H15Cl2NO3. The van der Waals surface area contributed by atoms with Gasteiger partial charge in [0.1, 0.15) is 4.49 Å². The Hall–Kier alpha value is -1.52. The van der Waals surface area contributed by atoms with E-state index in [0.717, 1.165) is 0 Å². The van der Waals surface area contributed by atoms with Crippen molar-refractivity contribution in [3.05, 3.63) is 40.4 Å². The second kappa shape index (κ2) is 5.70. The highest BCUT2D eigenvalue weighted by Crippen LogP contribution is 2.59. The highest BCUT2D eigenvalue weighted by molar-refractivity contribution is 6.55. The van der Waals surface area contributed by atoms with Gasteiger partial charge >= 0.3 is 5.97 Å². The van der Waals surface area contributed by atoms with Gasteiger partial charge in [0, 0.05) is 5.69 Å². The third-order valence-electron chi connectivity index (χ3n) is 3.90. The Morgan fingerprint density at radius 2 is 1.81 bits per heavy atom. The van der Waals surface area contributed by atoms with Crippen LogP contribution >= 0.6 is 23.2 Å². The van der Waals surface area contributed by atoms with Gasteiger partial charge in [-0.15, -0.1) is 0 Å². The molecule has 2 N–H and O–H groups in total. The van der Waals surface area contributed by atoms with E-state index in [-0.39, 0.29) is 33.2 Å². The van der Waals surface area contributed by atoms with E-state index in [0.29, 0.717) is 5.69 Å². The monoisotopic (exact) mass is 327 g/mol. The van der Waals surface area contributed by atoms with Crippen molar-refractivity contribution in [1.29, 1.82) is 0 Å². The quantitative estimate of drug-likeness (QED) is 0.880. The van der Waals surface area contributed by atoms with Gasteiger partial charge in [-0.2, -0.15) is 0 Å². The van der Waals surface area contributed by atoms with Crippen LogP contribution in [0.4, 0.5) is 5.69 Å². The number of benzene rings is 1. The van der Waals surface area contributed by atoms with Crippen LogP contribution in [0, 0.1) is 17.3 Å². The number of rotatable bonds is 4. The van der Waals surface area contributed by atoms with E-state index in [1.165, 1.54) is 12.1 Å². The molecule has 0 heterocycles. The molecular weight excluding hydrogens is 313 g/mol. The maximum Gasteiger partial charge on any atom is 0.335 e. The third-order valence-corrected chi connectivity index (χ3v) is 4.15. The van der Waals surface area contributed by atoms with Gasteiger partial charge in [0.2, 0.25) is 5.91 Å². The standard InChI is InChI=1S/C15H15Cl2NO3/c1-15(2)10(7-11(16)17)12(15)13(19)18-9-5-3-8(4-6-9)14(20)21/h3-7,10,12H,1-2H3,(H,18,19)(H,20,21)/t10-,12-/m1/s1. The van der Waals surface area contributed by atoms with Gasteiger partial charge in [0.25, 0.3) is 0 Å². The second-order valence-electron chi connectivity index (χ2n) is 5.65. The molecule has 1 aromatic carbocycles. The molecule has 1 saturated carbocycles. The molecule has 1 fully saturated rings. The van der Waals surface area contributed by atoms with Gasteiger partial charge in [0.15, 0.2) is 0 Å². The first-order chi connectivity index (χ1) is 9.73. The highest BCUT2D eigenvalue weighted by Gasteiger charge is 2.60. The number of carbonyl (C=O) groups is 2. The van der Waals surface area contributed by atoms with Crippen LogP contribution in [0.15, 0.2) is 34.8 Å². The molecule has 2 rings (SSSR count). The number of nitrogens with one attached hydrogen (secondary N) is 1. The summed E-state index contributed by atoms with van der Waals surface area (Å²) in [5.74, 6) is -1.33. The molecule has 0 unspecified atom stereocenters. The summed E-state index contributed by atoms with van der Waals surface area (Å²) in [5.41, 5.74) is 0.544. The number of carboxylic acid groups (broad SMARTS) is 1. The molecule has 1 aliphatic carbocycles. The maximum atomic E-state index is 12.3. The molecule has 6 heteroatoms. The Labute approximate surface area is 132 Å². The highest BCUT2D eigenvalue weighted by atomic mass is 35.5.